The van der Waals surface area contributed by atoms with Crippen LogP contribution in [0.5, 0.6) is 0 Å². The molecule has 1 saturated heterocycles. The molecular weight excluding hydrogens is 523 g/mol. The summed E-state index contributed by atoms with van der Waals surface area (Å²) >= 11 is 12.4. The Morgan fingerprint density at radius 3 is 2.62 bits per heavy atom. The predicted molar refractivity (Wildman–Crippen MR) is 135 cm³/mol. The van der Waals surface area contributed by atoms with Crippen LogP contribution in [-0.2, 0) is 9.53 Å². The summed E-state index contributed by atoms with van der Waals surface area (Å²) < 4.78 is 7.79. The van der Waals surface area contributed by atoms with E-state index in [0.717, 1.165) is 0 Å². The van der Waals surface area contributed by atoms with E-state index in [4.69, 9.17) is 27.9 Å². The summed E-state index contributed by atoms with van der Waals surface area (Å²) in [6.45, 7) is 4.50. The van der Waals surface area contributed by atoms with Crippen molar-refractivity contribution in [3.05, 3.63) is 52.8 Å². The minimum absolute atomic E-state index is 0.00597. The zero-order valence-electron chi connectivity index (χ0n) is 19.8. The molecule has 2 atom stereocenters. The van der Waals surface area contributed by atoms with Crippen molar-refractivity contribution in [3.63, 3.8) is 0 Å². The minimum Gasteiger partial charge on any atom is -0.367 e. The number of carbonyl (C=O) groups excluding carboxylic acids is 2. The Morgan fingerprint density at radius 2 is 1.92 bits per heavy atom. The second-order valence-electron chi connectivity index (χ2n) is 8.38. The number of pyridine rings is 1. The number of aromatic nitrogens is 7. The van der Waals surface area contributed by atoms with E-state index in [2.05, 4.69) is 35.9 Å². The van der Waals surface area contributed by atoms with Crippen LogP contribution in [0.25, 0.3) is 11.5 Å². The Morgan fingerprint density at radius 1 is 1.14 bits per heavy atom. The maximum absolute atomic E-state index is 12.9. The number of halogens is 2. The number of rotatable bonds is 6. The number of likely N-dealkylation sites (tertiary alicyclic amines) is 1. The highest BCUT2D eigenvalue weighted by Gasteiger charge is 2.29. The fourth-order valence-electron chi connectivity index (χ4n) is 4.15. The van der Waals surface area contributed by atoms with E-state index in [9.17, 15) is 9.59 Å². The molecule has 0 aliphatic carbocycles. The summed E-state index contributed by atoms with van der Waals surface area (Å²) in [5.41, 5.74) is 1.77. The first-order valence-corrected chi connectivity index (χ1v) is 12.1. The Balaban J connectivity index is 1.35. The van der Waals surface area contributed by atoms with Gasteiger partial charge in [0.05, 0.1) is 59.1 Å². The fourth-order valence-corrected chi connectivity index (χ4v) is 4.56. The Bertz CT molecular complexity index is 1460. The lowest BCUT2D eigenvalue weighted by Crippen LogP contribution is -2.28. The van der Waals surface area contributed by atoms with Gasteiger partial charge in [-0.3, -0.25) is 4.79 Å². The van der Waals surface area contributed by atoms with Gasteiger partial charge in [-0.1, -0.05) is 23.2 Å². The molecule has 1 fully saturated rings. The van der Waals surface area contributed by atoms with Crippen molar-refractivity contribution in [1.82, 2.24) is 39.5 Å². The van der Waals surface area contributed by atoms with Gasteiger partial charge in [-0.25, -0.2) is 19.3 Å². The molecule has 2 N–H and O–H groups in total. The van der Waals surface area contributed by atoms with E-state index in [1.54, 1.807) is 11.0 Å². The zero-order valence-corrected chi connectivity index (χ0v) is 21.3. The fraction of sp³-hybridized carbons (Fsp3) is 0.318. The molecule has 1 aliphatic heterocycles. The van der Waals surface area contributed by atoms with Crippen molar-refractivity contribution >= 4 is 52.2 Å². The number of ether oxygens (including phenoxy) is 1. The van der Waals surface area contributed by atoms with Crippen molar-refractivity contribution in [3.8, 4) is 5.82 Å². The molecule has 5 rings (SSSR count). The Kier molecular flexibility index (Phi) is 6.91. The van der Waals surface area contributed by atoms with Gasteiger partial charge in [0.1, 0.15) is 0 Å². The average molecular weight is 545 g/mol. The monoisotopic (exact) mass is 544 g/mol. The standard InChI is InChI=1S/C22H22Cl2N10O3/c1-12(37-15-3-6-32(11-15)13(2)35)20-17(10-25-19-8-18(24)31-33(19)20)30-22(36)29-14-7-16(23)21(26-9-14)34-27-4-5-28-34/h4-5,7-10,12,15H,3,6,11H2,1-2H3,(H2,29,30,36)/t12-,15?/m0/s1. The molecule has 4 aromatic heterocycles. The lowest BCUT2D eigenvalue weighted by molar-refractivity contribution is -0.128. The predicted octanol–water partition coefficient (Wildman–Crippen LogP) is 3.35. The molecule has 0 aromatic carbocycles. The highest BCUT2D eigenvalue weighted by molar-refractivity contribution is 6.32. The van der Waals surface area contributed by atoms with Gasteiger partial charge in [0.25, 0.3) is 0 Å². The van der Waals surface area contributed by atoms with Crippen molar-refractivity contribution in [2.45, 2.75) is 32.5 Å². The second-order valence-corrected chi connectivity index (χ2v) is 9.17. The maximum Gasteiger partial charge on any atom is 0.323 e. The Labute approximate surface area is 220 Å². The van der Waals surface area contributed by atoms with E-state index in [-0.39, 0.29) is 22.2 Å². The molecule has 5 heterocycles. The van der Waals surface area contributed by atoms with Crippen molar-refractivity contribution in [2.75, 3.05) is 23.7 Å². The summed E-state index contributed by atoms with van der Waals surface area (Å²) in [6.07, 6.45) is 5.99. The molecular formula is C22H22Cl2N10O3. The Hall–Kier alpha value is -3.81. The van der Waals surface area contributed by atoms with Crippen LogP contribution in [0.15, 0.2) is 36.9 Å². The zero-order chi connectivity index (χ0) is 26.1. The van der Waals surface area contributed by atoms with Crippen molar-refractivity contribution in [2.24, 2.45) is 0 Å². The van der Waals surface area contributed by atoms with E-state index in [0.29, 0.717) is 48.0 Å². The summed E-state index contributed by atoms with van der Waals surface area (Å²) in [5, 5.41) is 18.3. The molecule has 3 amide bonds. The van der Waals surface area contributed by atoms with Gasteiger partial charge in [0.15, 0.2) is 16.6 Å². The number of fused-ring (bicyclic) bond motifs is 1. The summed E-state index contributed by atoms with van der Waals surface area (Å²) in [7, 11) is 0. The third kappa shape index (κ3) is 5.33. The van der Waals surface area contributed by atoms with Crippen LogP contribution >= 0.6 is 23.2 Å². The van der Waals surface area contributed by atoms with Crippen LogP contribution in [0, 0.1) is 0 Å². The number of hydrogen-bond donors (Lipinski definition) is 2. The molecule has 1 unspecified atom stereocenters. The normalized spacial score (nSPS) is 16.2. The first kappa shape index (κ1) is 24.9. The topological polar surface area (TPSA) is 144 Å². The first-order chi connectivity index (χ1) is 17.8. The SMILES string of the molecule is CC(=O)N1CCC(O[C@@H](C)c2c(NC(=O)Nc3cnc(-n4nccn4)c(Cl)c3)cnc3cc(Cl)nn23)C1. The smallest absolute Gasteiger partial charge is 0.323 e. The van der Waals surface area contributed by atoms with E-state index < -0.39 is 12.1 Å². The number of carbonyl (C=O) groups is 2. The number of amides is 3. The second kappa shape index (κ2) is 10.3. The molecule has 0 spiro atoms. The average Bonchev–Trinajstić information content (AvgIpc) is 3.59. The molecule has 0 radical (unpaired) electrons. The summed E-state index contributed by atoms with van der Waals surface area (Å²) in [6, 6.07) is 2.59. The van der Waals surface area contributed by atoms with Crippen LogP contribution in [-0.4, -0.2) is 70.6 Å². The minimum atomic E-state index is -0.556. The highest BCUT2D eigenvalue weighted by atomic mass is 35.5. The van der Waals surface area contributed by atoms with Crippen molar-refractivity contribution < 1.29 is 14.3 Å². The number of hydrogen-bond acceptors (Lipinski definition) is 8. The van der Waals surface area contributed by atoms with Gasteiger partial charge < -0.3 is 20.3 Å². The molecule has 15 heteroatoms. The molecule has 0 bridgehead atoms. The number of urea groups is 1. The van der Waals surface area contributed by atoms with Gasteiger partial charge in [0.2, 0.25) is 5.91 Å². The van der Waals surface area contributed by atoms with E-state index in [1.165, 1.54) is 47.1 Å². The number of nitrogens with one attached hydrogen (secondary N) is 2. The van der Waals surface area contributed by atoms with Crippen LogP contribution in [0.3, 0.4) is 0 Å². The van der Waals surface area contributed by atoms with E-state index >= 15 is 0 Å². The van der Waals surface area contributed by atoms with E-state index in [1.807, 2.05) is 6.92 Å². The summed E-state index contributed by atoms with van der Waals surface area (Å²) in [5.74, 6) is 0.331. The van der Waals surface area contributed by atoms with Crippen LogP contribution in [0.4, 0.5) is 16.2 Å². The third-order valence-electron chi connectivity index (χ3n) is 5.80. The lowest BCUT2D eigenvalue weighted by atomic mass is 10.2. The van der Waals surface area contributed by atoms with Gasteiger partial charge in [-0.15, -0.1) is 4.80 Å². The maximum atomic E-state index is 12.9. The van der Waals surface area contributed by atoms with Crippen LogP contribution < -0.4 is 10.6 Å². The van der Waals surface area contributed by atoms with Gasteiger partial charge >= 0.3 is 6.03 Å². The molecule has 37 heavy (non-hydrogen) atoms. The largest absolute Gasteiger partial charge is 0.367 e. The van der Waals surface area contributed by atoms with Gasteiger partial charge in [0, 0.05) is 26.1 Å². The molecule has 4 aromatic rings. The quantitative estimate of drug-likeness (QED) is 0.375. The first-order valence-electron chi connectivity index (χ1n) is 11.3. The van der Waals surface area contributed by atoms with Crippen molar-refractivity contribution in [1.29, 1.82) is 0 Å². The molecule has 0 saturated carbocycles. The molecule has 13 nitrogen and oxygen atoms in total. The number of nitrogens with zero attached hydrogens (tertiary/aromatic N) is 8. The van der Waals surface area contributed by atoms with Gasteiger partial charge in [-0.05, 0) is 19.4 Å². The van der Waals surface area contributed by atoms with Gasteiger partial charge in [-0.2, -0.15) is 15.3 Å². The van der Waals surface area contributed by atoms with Crippen LogP contribution in [0.2, 0.25) is 10.2 Å². The molecule has 192 valence electrons. The van der Waals surface area contributed by atoms with Crippen LogP contribution in [0.1, 0.15) is 32.1 Å². The molecule has 1 aliphatic rings. The third-order valence-corrected chi connectivity index (χ3v) is 6.26. The number of anilines is 2. The lowest BCUT2D eigenvalue weighted by Gasteiger charge is -2.22. The highest BCUT2D eigenvalue weighted by Crippen LogP contribution is 2.30. The summed E-state index contributed by atoms with van der Waals surface area (Å²) in [4.78, 5) is 36.2.